The second kappa shape index (κ2) is 12.1. The molecule has 0 saturated carbocycles. The maximum Gasteiger partial charge on any atom is 0.278 e. The van der Waals surface area contributed by atoms with Crippen molar-refractivity contribution < 1.29 is 23.8 Å². The van der Waals surface area contributed by atoms with E-state index < -0.39 is 0 Å². The lowest BCUT2D eigenvalue weighted by Gasteiger charge is -2.15. The average Bonchev–Trinajstić information content (AvgIpc) is 3.06. The number of amides is 2. The highest BCUT2D eigenvalue weighted by Gasteiger charge is 2.39. The Morgan fingerprint density at radius 1 is 0.909 bits per heavy atom. The van der Waals surface area contributed by atoms with Crippen molar-refractivity contribution in [3.05, 3.63) is 59.8 Å². The van der Waals surface area contributed by atoms with Crippen LogP contribution in [0.5, 0.6) is 11.5 Å². The highest BCUT2D eigenvalue weighted by atomic mass is 16.5. The molecule has 0 aromatic heterocycles. The van der Waals surface area contributed by atoms with Gasteiger partial charge in [0.1, 0.15) is 17.2 Å². The van der Waals surface area contributed by atoms with Gasteiger partial charge in [0.15, 0.2) is 0 Å². The van der Waals surface area contributed by atoms with Crippen molar-refractivity contribution in [2.24, 2.45) is 0 Å². The summed E-state index contributed by atoms with van der Waals surface area (Å²) in [6.45, 7) is 6.07. The zero-order valence-electron chi connectivity index (χ0n) is 19.6. The van der Waals surface area contributed by atoms with E-state index in [0.29, 0.717) is 48.8 Å². The van der Waals surface area contributed by atoms with Gasteiger partial charge in [-0.2, -0.15) is 0 Å². The number of carbonyl (C=O) groups excluding carboxylic acids is 2. The number of anilines is 1. The number of ether oxygens (including phenoxy) is 3. The molecule has 7 nitrogen and oxygen atoms in total. The summed E-state index contributed by atoms with van der Waals surface area (Å²) in [7, 11) is 1.55. The molecule has 0 bridgehead atoms. The number of hydrogen-bond donors (Lipinski definition) is 1. The minimum atomic E-state index is -0.358. The number of carbonyl (C=O) groups is 2. The van der Waals surface area contributed by atoms with Gasteiger partial charge in [0.25, 0.3) is 11.8 Å². The number of hydrogen-bond acceptors (Lipinski definition) is 6. The summed E-state index contributed by atoms with van der Waals surface area (Å²) in [5.41, 5.74) is 1.80. The third-order valence-corrected chi connectivity index (χ3v) is 5.29. The molecule has 176 valence electrons. The van der Waals surface area contributed by atoms with Gasteiger partial charge >= 0.3 is 0 Å². The quantitative estimate of drug-likeness (QED) is 0.356. The first-order valence-corrected chi connectivity index (χ1v) is 11.4. The van der Waals surface area contributed by atoms with E-state index in [1.54, 1.807) is 19.2 Å². The van der Waals surface area contributed by atoms with Gasteiger partial charge < -0.3 is 19.5 Å². The molecular formula is C26H32N2O5. The molecule has 0 saturated heterocycles. The van der Waals surface area contributed by atoms with Gasteiger partial charge in [0.05, 0.1) is 19.3 Å². The summed E-state index contributed by atoms with van der Waals surface area (Å²) in [5.74, 6) is 0.569. The number of nitrogens with one attached hydrogen (secondary N) is 1. The molecule has 1 aliphatic heterocycles. The van der Waals surface area contributed by atoms with Crippen LogP contribution in [-0.2, 0) is 14.3 Å². The van der Waals surface area contributed by atoms with Gasteiger partial charge in [-0.05, 0) is 50.1 Å². The molecule has 0 atom stereocenters. The monoisotopic (exact) mass is 452 g/mol. The van der Waals surface area contributed by atoms with Gasteiger partial charge in [-0.3, -0.25) is 14.5 Å². The Kier molecular flexibility index (Phi) is 8.89. The zero-order chi connectivity index (χ0) is 23.6. The maximum absolute atomic E-state index is 13.4. The number of unbranched alkanes of at least 4 members (excludes halogenated alkanes) is 1. The van der Waals surface area contributed by atoms with E-state index in [0.717, 1.165) is 18.6 Å². The largest absolute Gasteiger partial charge is 0.496 e. The molecule has 3 rings (SSSR count). The molecule has 0 aliphatic carbocycles. The van der Waals surface area contributed by atoms with Gasteiger partial charge in [0, 0.05) is 31.0 Å². The van der Waals surface area contributed by atoms with E-state index in [-0.39, 0.29) is 24.1 Å². The van der Waals surface area contributed by atoms with Crippen molar-refractivity contribution in [3.63, 3.8) is 0 Å². The van der Waals surface area contributed by atoms with E-state index in [1.165, 1.54) is 4.90 Å². The Balaban J connectivity index is 1.86. The molecule has 7 heteroatoms. The third kappa shape index (κ3) is 5.93. The van der Waals surface area contributed by atoms with Crippen LogP contribution >= 0.6 is 0 Å². The fourth-order valence-electron chi connectivity index (χ4n) is 3.61. The summed E-state index contributed by atoms with van der Waals surface area (Å²) in [4.78, 5) is 28.0. The minimum Gasteiger partial charge on any atom is -0.496 e. The predicted octanol–water partition coefficient (Wildman–Crippen LogP) is 4.49. The Hall–Kier alpha value is -3.32. The van der Waals surface area contributed by atoms with E-state index in [9.17, 15) is 9.59 Å². The highest BCUT2D eigenvalue weighted by Crippen LogP contribution is 2.35. The molecule has 33 heavy (non-hydrogen) atoms. The van der Waals surface area contributed by atoms with Crippen LogP contribution in [0.3, 0.4) is 0 Å². The molecule has 2 amide bonds. The molecular weight excluding hydrogens is 420 g/mol. The predicted molar refractivity (Wildman–Crippen MR) is 128 cm³/mol. The molecule has 1 N–H and O–H groups in total. The summed E-state index contributed by atoms with van der Waals surface area (Å²) >= 11 is 0. The van der Waals surface area contributed by atoms with Crippen molar-refractivity contribution in [2.75, 3.05) is 38.8 Å². The fourth-order valence-corrected chi connectivity index (χ4v) is 3.61. The fraction of sp³-hybridized carbons (Fsp3) is 0.385. The lowest BCUT2D eigenvalue weighted by Crippen LogP contribution is -2.34. The Bertz CT molecular complexity index is 984. The number of imide groups is 1. The van der Waals surface area contributed by atoms with Crippen molar-refractivity contribution in [1.29, 1.82) is 0 Å². The lowest BCUT2D eigenvalue weighted by atomic mass is 10.0. The van der Waals surface area contributed by atoms with Gasteiger partial charge in [0.2, 0.25) is 0 Å². The van der Waals surface area contributed by atoms with Crippen LogP contribution in [0.25, 0.3) is 5.57 Å². The number of benzene rings is 2. The molecule has 0 fully saturated rings. The first kappa shape index (κ1) is 24.3. The Labute approximate surface area is 195 Å². The van der Waals surface area contributed by atoms with Crippen LogP contribution in [0, 0.1) is 0 Å². The van der Waals surface area contributed by atoms with Gasteiger partial charge in [-0.25, -0.2) is 0 Å². The molecule has 2 aromatic carbocycles. The van der Waals surface area contributed by atoms with Crippen molar-refractivity contribution in [3.8, 4) is 11.5 Å². The van der Waals surface area contributed by atoms with Crippen molar-refractivity contribution in [2.45, 2.75) is 33.1 Å². The maximum atomic E-state index is 13.4. The first-order chi connectivity index (χ1) is 16.1. The molecule has 1 aliphatic rings. The molecule has 2 aromatic rings. The van der Waals surface area contributed by atoms with Crippen LogP contribution in [0.15, 0.2) is 54.2 Å². The van der Waals surface area contributed by atoms with Crippen LogP contribution in [0.2, 0.25) is 0 Å². The van der Waals surface area contributed by atoms with Gasteiger partial charge in [-0.15, -0.1) is 0 Å². The average molecular weight is 453 g/mol. The number of para-hydroxylation sites is 1. The topological polar surface area (TPSA) is 77.1 Å². The molecule has 1 heterocycles. The minimum absolute atomic E-state index is 0.237. The van der Waals surface area contributed by atoms with E-state index in [4.69, 9.17) is 14.2 Å². The normalized spacial score (nSPS) is 13.6. The van der Waals surface area contributed by atoms with Crippen LogP contribution in [0.4, 0.5) is 5.69 Å². The standard InChI is InChI=1S/C26H32N2O5/c1-4-6-17-32-18-9-16-28-25(29)23(21-10-7-8-11-22(21)31-3)24(26(28)30)27-19-12-14-20(15-13-19)33-5-2/h7-8,10-15,27H,4-6,9,16-18H2,1-3H3. The van der Waals surface area contributed by atoms with E-state index in [2.05, 4.69) is 12.2 Å². The van der Waals surface area contributed by atoms with E-state index >= 15 is 0 Å². The third-order valence-electron chi connectivity index (χ3n) is 5.29. The second-order valence-corrected chi connectivity index (χ2v) is 7.61. The zero-order valence-corrected chi connectivity index (χ0v) is 19.6. The molecule has 0 radical (unpaired) electrons. The van der Waals surface area contributed by atoms with Gasteiger partial charge in [-0.1, -0.05) is 31.5 Å². The summed E-state index contributed by atoms with van der Waals surface area (Å²) < 4.78 is 16.6. The van der Waals surface area contributed by atoms with Crippen LogP contribution in [-0.4, -0.2) is 50.2 Å². The highest BCUT2D eigenvalue weighted by molar-refractivity contribution is 6.37. The van der Waals surface area contributed by atoms with E-state index in [1.807, 2.05) is 43.3 Å². The summed E-state index contributed by atoms with van der Waals surface area (Å²) in [5, 5.41) is 3.16. The van der Waals surface area contributed by atoms with Crippen LogP contribution < -0.4 is 14.8 Å². The van der Waals surface area contributed by atoms with Crippen molar-refractivity contribution in [1.82, 2.24) is 4.90 Å². The number of methoxy groups -OCH3 is 1. The number of rotatable bonds is 13. The Morgan fingerprint density at radius 2 is 1.64 bits per heavy atom. The van der Waals surface area contributed by atoms with Crippen molar-refractivity contribution >= 4 is 23.1 Å². The SMILES string of the molecule is CCCCOCCCN1C(=O)C(Nc2ccc(OCC)cc2)=C(c2ccccc2OC)C1=O. The number of nitrogens with zero attached hydrogens (tertiary/aromatic N) is 1. The molecule has 0 unspecified atom stereocenters. The summed E-state index contributed by atoms with van der Waals surface area (Å²) in [6, 6.07) is 14.5. The second-order valence-electron chi connectivity index (χ2n) is 7.61. The lowest BCUT2D eigenvalue weighted by molar-refractivity contribution is -0.137. The molecule has 0 spiro atoms. The summed E-state index contributed by atoms with van der Waals surface area (Å²) in [6.07, 6.45) is 2.64. The van der Waals surface area contributed by atoms with Crippen LogP contribution in [0.1, 0.15) is 38.7 Å². The smallest absolute Gasteiger partial charge is 0.278 e. The Morgan fingerprint density at radius 3 is 2.33 bits per heavy atom. The first-order valence-electron chi connectivity index (χ1n) is 11.4.